The van der Waals surface area contributed by atoms with Gasteiger partial charge in [-0.05, 0) is 66.9 Å². The predicted octanol–water partition coefficient (Wildman–Crippen LogP) is 6.42. The molecule has 0 unspecified atom stereocenters. The van der Waals surface area contributed by atoms with E-state index in [1.54, 1.807) is 60.7 Å². The number of imide groups is 2. The third-order valence-corrected chi connectivity index (χ3v) is 6.48. The molecule has 0 aliphatic carbocycles. The smallest absolute Gasteiger partial charge is 0.331 e. The fraction of sp³-hybridized carbons (Fsp3) is 0.233. The van der Waals surface area contributed by atoms with Crippen molar-refractivity contribution in [2.45, 2.75) is 33.4 Å². The zero-order chi connectivity index (χ0) is 28.6. The molecule has 0 aromatic heterocycles. The van der Waals surface area contributed by atoms with E-state index in [-0.39, 0.29) is 18.7 Å². The Kier molecular flexibility index (Phi) is 9.69. The van der Waals surface area contributed by atoms with Crippen LogP contribution >= 0.6 is 23.2 Å². The molecular formula is C30H28Cl2N2O6. The number of carbonyl (C=O) groups is 3. The van der Waals surface area contributed by atoms with Crippen LogP contribution < -0.4 is 19.5 Å². The van der Waals surface area contributed by atoms with Gasteiger partial charge in [0.05, 0.1) is 19.8 Å². The van der Waals surface area contributed by atoms with Gasteiger partial charge < -0.3 is 14.2 Å². The number of nitrogens with one attached hydrogen (secondary N) is 1. The lowest BCUT2D eigenvalue weighted by molar-refractivity contribution is -0.130. The topological polar surface area (TPSA) is 94.2 Å². The maximum Gasteiger partial charge on any atom is 0.331 e. The summed E-state index contributed by atoms with van der Waals surface area (Å²) in [4.78, 5) is 39.3. The van der Waals surface area contributed by atoms with Gasteiger partial charge in [0.25, 0.3) is 11.8 Å². The van der Waals surface area contributed by atoms with Crippen LogP contribution in [0, 0.1) is 0 Å². The first kappa shape index (κ1) is 29.0. The highest BCUT2D eigenvalue weighted by Gasteiger charge is 2.35. The molecule has 8 nitrogen and oxygen atoms in total. The van der Waals surface area contributed by atoms with Crippen molar-refractivity contribution >= 4 is 47.1 Å². The van der Waals surface area contributed by atoms with Gasteiger partial charge >= 0.3 is 6.03 Å². The largest absolute Gasteiger partial charge is 0.490 e. The lowest BCUT2D eigenvalue weighted by Crippen LogP contribution is -2.53. The maximum absolute atomic E-state index is 13.2. The first-order valence-electron chi connectivity index (χ1n) is 12.7. The van der Waals surface area contributed by atoms with Crippen molar-refractivity contribution in [3.63, 3.8) is 0 Å². The van der Waals surface area contributed by atoms with Crippen LogP contribution in [0.2, 0.25) is 10.0 Å². The summed E-state index contributed by atoms with van der Waals surface area (Å²) in [5, 5.41) is 3.29. The molecular weight excluding hydrogens is 555 g/mol. The van der Waals surface area contributed by atoms with Gasteiger partial charge in [-0.25, -0.2) is 4.79 Å². The number of ether oxygens (including phenoxy) is 3. The van der Waals surface area contributed by atoms with Gasteiger partial charge in [0.1, 0.15) is 17.9 Å². The van der Waals surface area contributed by atoms with Gasteiger partial charge in [0, 0.05) is 15.6 Å². The average molecular weight is 583 g/mol. The third-order valence-electron chi connectivity index (χ3n) is 5.90. The third kappa shape index (κ3) is 7.14. The molecule has 0 atom stereocenters. The monoisotopic (exact) mass is 582 g/mol. The minimum absolute atomic E-state index is 0.0521. The zero-order valence-electron chi connectivity index (χ0n) is 22.0. The van der Waals surface area contributed by atoms with Crippen molar-refractivity contribution < 1.29 is 28.6 Å². The molecule has 1 N–H and O–H groups in total. The molecule has 3 aromatic rings. The van der Waals surface area contributed by atoms with Crippen LogP contribution in [-0.4, -0.2) is 36.0 Å². The van der Waals surface area contributed by atoms with Crippen molar-refractivity contribution in [3.8, 4) is 17.2 Å². The van der Waals surface area contributed by atoms with E-state index in [4.69, 9.17) is 37.4 Å². The Balaban J connectivity index is 1.47. The fourth-order valence-electron chi connectivity index (χ4n) is 3.90. The Morgan fingerprint density at radius 2 is 1.65 bits per heavy atom. The van der Waals surface area contributed by atoms with Crippen LogP contribution in [-0.2, 0) is 22.7 Å². The van der Waals surface area contributed by atoms with E-state index < -0.39 is 17.8 Å². The van der Waals surface area contributed by atoms with Gasteiger partial charge in [-0.3, -0.25) is 19.8 Å². The number of hydrogen-bond donors (Lipinski definition) is 1. The Morgan fingerprint density at radius 3 is 2.35 bits per heavy atom. The summed E-state index contributed by atoms with van der Waals surface area (Å²) in [7, 11) is 0. The normalized spacial score (nSPS) is 14.3. The van der Waals surface area contributed by atoms with Crippen LogP contribution in [0.1, 0.15) is 37.0 Å². The molecule has 1 fully saturated rings. The number of barbiturate groups is 1. The van der Waals surface area contributed by atoms with E-state index in [2.05, 4.69) is 5.32 Å². The number of urea groups is 1. The maximum atomic E-state index is 13.2. The average Bonchev–Trinajstić information content (AvgIpc) is 2.93. The second-order valence-corrected chi connectivity index (χ2v) is 9.71. The van der Waals surface area contributed by atoms with Crippen LogP contribution in [0.25, 0.3) is 6.08 Å². The predicted molar refractivity (Wildman–Crippen MR) is 153 cm³/mol. The summed E-state index contributed by atoms with van der Waals surface area (Å²) in [6.07, 6.45) is 2.27. The number of nitrogens with zero attached hydrogens (tertiary/aromatic N) is 1. The van der Waals surface area contributed by atoms with Crippen molar-refractivity contribution in [2.75, 3.05) is 13.2 Å². The number of benzene rings is 3. The van der Waals surface area contributed by atoms with E-state index in [0.29, 0.717) is 51.6 Å². The fourth-order valence-corrected chi connectivity index (χ4v) is 4.36. The number of halogens is 2. The van der Waals surface area contributed by atoms with E-state index >= 15 is 0 Å². The van der Waals surface area contributed by atoms with Gasteiger partial charge in [-0.1, -0.05) is 54.4 Å². The summed E-state index contributed by atoms with van der Waals surface area (Å²) < 4.78 is 17.2. The molecule has 10 heteroatoms. The molecule has 0 radical (unpaired) electrons. The lowest BCUT2D eigenvalue weighted by atomic mass is 10.1. The Labute approximate surface area is 242 Å². The second kappa shape index (κ2) is 13.4. The summed E-state index contributed by atoms with van der Waals surface area (Å²) in [6, 6.07) is 16.4. The molecule has 0 spiro atoms. The summed E-state index contributed by atoms with van der Waals surface area (Å²) in [5.74, 6) is 0.214. The van der Waals surface area contributed by atoms with Crippen molar-refractivity contribution in [1.29, 1.82) is 0 Å². The van der Waals surface area contributed by atoms with Gasteiger partial charge in [-0.2, -0.15) is 0 Å². The summed E-state index contributed by atoms with van der Waals surface area (Å²) in [6.45, 7) is 5.01. The Hall–Kier alpha value is -4.01. The SMILES string of the molecule is CCCOc1ccc(CN2C(=O)NC(=O)/C(=C\c3ccc(OCc4ccc(Cl)cc4Cl)cc3)C2=O)cc1OCC. The van der Waals surface area contributed by atoms with Gasteiger partial charge in [-0.15, -0.1) is 0 Å². The number of carbonyl (C=O) groups excluding carboxylic acids is 3. The first-order valence-corrected chi connectivity index (χ1v) is 13.5. The van der Waals surface area contributed by atoms with Crippen LogP contribution in [0.4, 0.5) is 4.79 Å². The molecule has 1 aliphatic heterocycles. The quantitative estimate of drug-likeness (QED) is 0.207. The minimum atomic E-state index is -0.791. The van der Waals surface area contributed by atoms with Crippen LogP contribution in [0.15, 0.2) is 66.2 Å². The highest BCUT2D eigenvalue weighted by molar-refractivity contribution is 6.35. The van der Waals surface area contributed by atoms with Crippen LogP contribution in [0.3, 0.4) is 0 Å². The molecule has 3 aromatic carbocycles. The summed E-state index contributed by atoms with van der Waals surface area (Å²) >= 11 is 12.1. The number of hydrogen-bond acceptors (Lipinski definition) is 6. The summed E-state index contributed by atoms with van der Waals surface area (Å²) in [5.41, 5.74) is 1.85. The molecule has 40 heavy (non-hydrogen) atoms. The van der Waals surface area contributed by atoms with E-state index in [1.165, 1.54) is 6.08 Å². The van der Waals surface area contributed by atoms with Crippen molar-refractivity contribution in [3.05, 3.63) is 93.0 Å². The lowest BCUT2D eigenvalue weighted by Gasteiger charge is -2.26. The molecule has 4 rings (SSSR count). The molecule has 1 aliphatic rings. The highest BCUT2D eigenvalue weighted by atomic mass is 35.5. The van der Waals surface area contributed by atoms with E-state index in [0.717, 1.165) is 16.9 Å². The number of amides is 4. The highest BCUT2D eigenvalue weighted by Crippen LogP contribution is 2.30. The Bertz CT molecular complexity index is 1440. The van der Waals surface area contributed by atoms with E-state index in [9.17, 15) is 14.4 Å². The molecule has 0 saturated carbocycles. The molecule has 0 bridgehead atoms. The first-order chi connectivity index (χ1) is 19.3. The van der Waals surface area contributed by atoms with Crippen molar-refractivity contribution in [1.82, 2.24) is 10.2 Å². The van der Waals surface area contributed by atoms with Crippen LogP contribution in [0.5, 0.6) is 17.2 Å². The van der Waals surface area contributed by atoms with Gasteiger partial charge in [0.15, 0.2) is 11.5 Å². The second-order valence-electron chi connectivity index (χ2n) is 8.86. The number of rotatable bonds is 11. The standard InChI is InChI=1S/C30H28Cl2N2O6/c1-3-13-39-26-12-7-20(15-27(26)38-4-2)17-34-29(36)24(28(35)33-30(34)37)14-19-5-10-23(11-6-19)40-18-21-8-9-22(31)16-25(21)32/h5-12,14-16H,3-4,13,17-18H2,1-2H3,(H,33,35,37)/b24-14+. The Morgan fingerprint density at radius 1 is 0.875 bits per heavy atom. The molecule has 1 saturated heterocycles. The van der Waals surface area contributed by atoms with E-state index in [1.807, 2.05) is 13.8 Å². The zero-order valence-corrected chi connectivity index (χ0v) is 23.6. The molecule has 1 heterocycles. The van der Waals surface area contributed by atoms with Crippen molar-refractivity contribution in [2.24, 2.45) is 0 Å². The molecule has 4 amide bonds. The molecule has 208 valence electrons. The minimum Gasteiger partial charge on any atom is -0.490 e. The van der Waals surface area contributed by atoms with Gasteiger partial charge in [0.2, 0.25) is 0 Å².